The SMILES string of the molecule is NC(=O)C1(OC(=O)c2cnc(Nc3cc(Cl)ccc3Cl)nc2C(F)(F)F)CCC1. The lowest BCUT2D eigenvalue weighted by Gasteiger charge is -2.37. The fourth-order valence-corrected chi connectivity index (χ4v) is 2.99. The molecule has 1 heterocycles. The highest BCUT2D eigenvalue weighted by Crippen LogP contribution is 2.38. The van der Waals surface area contributed by atoms with E-state index in [1.54, 1.807) is 0 Å². The van der Waals surface area contributed by atoms with Gasteiger partial charge >= 0.3 is 12.1 Å². The van der Waals surface area contributed by atoms with Crippen molar-refractivity contribution in [2.24, 2.45) is 5.73 Å². The van der Waals surface area contributed by atoms with Crippen molar-refractivity contribution in [1.82, 2.24) is 9.97 Å². The Morgan fingerprint density at radius 3 is 2.48 bits per heavy atom. The van der Waals surface area contributed by atoms with Crippen LogP contribution in [0.1, 0.15) is 35.3 Å². The van der Waals surface area contributed by atoms with Crippen molar-refractivity contribution >= 4 is 46.7 Å². The van der Waals surface area contributed by atoms with Gasteiger partial charge in [-0.1, -0.05) is 23.2 Å². The molecule has 3 rings (SSSR count). The average molecular weight is 449 g/mol. The number of primary amides is 1. The van der Waals surface area contributed by atoms with Crippen LogP contribution in [0.3, 0.4) is 0 Å². The minimum absolute atomic E-state index is 0.142. The number of anilines is 2. The second-order valence-corrected chi connectivity index (χ2v) is 7.15. The summed E-state index contributed by atoms with van der Waals surface area (Å²) >= 11 is 11.8. The highest BCUT2D eigenvalue weighted by molar-refractivity contribution is 6.35. The van der Waals surface area contributed by atoms with Crippen LogP contribution in [0.2, 0.25) is 10.0 Å². The van der Waals surface area contributed by atoms with Crippen LogP contribution in [0.4, 0.5) is 24.8 Å². The minimum atomic E-state index is -4.99. The summed E-state index contributed by atoms with van der Waals surface area (Å²) in [4.78, 5) is 31.0. The van der Waals surface area contributed by atoms with Gasteiger partial charge in [-0.15, -0.1) is 0 Å². The lowest BCUT2D eigenvalue weighted by Crippen LogP contribution is -2.52. The molecule has 1 aromatic heterocycles. The zero-order valence-electron chi connectivity index (χ0n) is 14.5. The quantitative estimate of drug-likeness (QED) is 0.666. The molecule has 29 heavy (non-hydrogen) atoms. The monoisotopic (exact) mass is 448 g/mol. The molecule has 1 aliphatic carbocycles. The third-order valence-electron chi connectivity index (χ3n) is 4.35. The Morgan fingerprint density at radius 1 is 1.24 bits per heavy atom. The number of ether oxygens (including phenoxy) is 1. The van der Waals surface area contributed by atoms with Gasteiger partial charge in [-0.3, -0.25) is 4.79 Å². The van der Waals surface area contributed by atoms with Gasteiger partial charge < -0.3 is 15.8 Å². The normalized spacial score (nSPS) is 15.3. The van der Waals surface area contributed by atoms with E-state index in [4.69, 9.17) is 33.7 Å². The minimum Gasteiger partial charge on any atom is -0.445 e. The number of carbonyl (C=O) groups is 2. The van der Waals surface area contributed by atoms with Gasteiger partial charge in [0.05, 0.1) is 10.7 Å². The van der Waals surface area contributed by atoms with E-state index in [1.807, 2.05) is 0 Å². The molecule has 0 spiro atoms. The lowest BCUT2D eigenvalue weighted by atomic mass is 9.79. The van der Waals surface area contributed by atoms with Crippen molar-refractivity contribution in [2.45, 2.75) is 31.0 Å². The maximum Gasteiger partial charge on any atom is 0.434 e. The summed E-state index contributed by atoms with van der Waals surface area (Å²) in [6.45, 7) is 0. The van der Waals surface area contributed by atoms with Gasteiger partial charge in [0.25, 0.3) is 5.91 Å². The summed E-state index contributed by atoms with van der Waals surface area (Å²) in [5.41, 5.74) is 1.31. The van der Waals surface area contributed by atoms with Gasteiger partial charge in [-0.2, -0.15) is 13.2 Å². The Kier molecular flexibility index (Phi) is 5.59. The summed E-state index contributed by atoms with van der Waals surface area (Å²) < 4.78 is 45.5. The molecule has 154 valence electrons. The van der Waals surface area contributed by atoms with Crippen molar-refractivity contribution in [3.05, 3.63) is 45.7 Å². The lowest BCUT2D eigenvalue weighted by molar-refractivity contribution is -0.147. The zero-order chi connectivity index (χ0) is 21.4. The molecule has 1 aromatic carbocycles. The molecule has 1 aliphatic rings. The first kappa shape index (κ1) is 21.1. The van der Waals surface area contributed by atoms with E-state index in [2.05, 4.69) is 15.3 Å². The first-order valence-corrected chi connectivity index (χ1v) is 8.97. The molecule has 1 saturated carbocycles. The molecule has 0 saturated heterocycles. The van der Waals surface area contributed by atoms with Gasteiger partial charge in [0.2, 0.25) is 5.95 Å². The molecule has 0 aliphatic heterocycles. The van der Waals surface area contributed by atoms with Crippen molar-refractivity contribution in [3.8, 4) is 0 Å². The molecule has 0 atom stereocenters. The number of hydrogen-bond acceptors (Lipinski definition) is 6. The number of carbonyl (C=O) groups excluding carboxylic acids is 2. The smallest absolute Gasteiger partial charge is 0.434 e. The number of aromatic nitrogens is 2. The fourth-order valence-electron chi connectivity index (χ4n) is 2.65. The van der Waals surface area contributed by atoms with Crippen LogP contribution in [0.15, 0.2) is 24.4 Å². The molecule has 7 nitrogen and oxygen atoms in total. The highest BCUT2D eigenvalue weighted by atomic mass is 35.5. The molecule has 0 radical (unpaired) electrons. The van der Waals surface area contributed by atoms with Crippen molar-refractivity contribution in [1.29, 1.82) is 0 Å². The van der Waals surface area contributed by atoms with Crippen LogP contribution >= 0.6 is 23.2 Å². The maximum absolute atomic E-state index is 13.5. The Balaban J connectivity index is 1.93. The van der Waals surface area contributed by atoms with E-state index in [0.717, 1.165) is 0 Å². The number of esters is 1. The molecule has 0 bridgehead atoms. The number of alkyl halides is 3. The summed E-state index contributed by atoms with van der Waals surface area (Å²) in [5.74, 6) is -2.77. The van der Waals surface area contributed by atoms with E-state index in [0.29, 0.717) is 12.6 Å². The van der Waals surface area contributed by atoms with Gasteiger partial charge in [0, 0.05) is 11.2 Å². The Bertz CT molecular complexity index is 981. The molecule has 3 N–H and O–H groups in total. The second kappa shape index (κ2) is 7.68. The van der Waals surface area contributed by atoms with Crippen LogP contribution in [0.25, 0.3) is 0 Å². The van der Waals surface area contributed by atoms with Crippen LogP contribution in [-0.2, 0) is 15.7 Å². The van der Waals surface area contributed by atoms with E-state index in [9.17, 15) is 22.8 Å². The van der Waals surface area contributed by atoms with Crippen LogP contribution in [-0.4, -0.2) is 27.4 Å². The number of rotatable bonds is 5. The standard InChI is InChI=1S/C17H13Cl2F3N4O3/c18-8-2-3-10(19)11(6-8)25-15-24-7-9(12(26-15)17(20,21)22)13(27)29-16(14(23)28)4-1-5-16/h2-3,6-7H,1,4-5H2,(H2,23,28)(H,24,25,26). The van der Waals surface area contributed by atoms with Crippen LogP contribution in [0.5, 0.6) is 0 Å². The van der Waals surface area contributed by atoms with E-state index in [-0.39, 0.29) is 28.6 Å². The van der Waals surface area contributed by atoms with E-state index in [1.165, 1.54) is 18.2 Å². The summed E-state index contributed by atoms with van der Waals surface area (Å²) in [7, 11) is 0. The Hall–Kier alpha value is -2.59. The average Bonchev–Trinajstić information content (AvgIpc) is 2.60. The summed E-state index contributed by atoms with van der Waals surface area (Å²) in [5, 5.41) is 2.97. The number of hydrogen-bond donors (Lipinski definition) is 2. The number of benzene rings is 1. The maximum atomic E-state index is 13.5. The van der Waals surface area contributed by atoms with Gasteiger partial charge in [-0.25, -0.2) is 14.8 Å². The van der Waals surface area contributed by atoms with Crippen molar-refractivity contribution < 1.29 is 27.5 Å². The third kappa shape index (κ3) is 4.38. The number of amides is 1. The van der Waals surface area contributed by atoms with Gasteiger partial charge in [0.15, 0.2) is 11.3 Å². The molecule has 1 amide bonds. The van der Waals surface area contributed by atoms with E-state index >= 15 is 0 Å². The predicted octanol–water partition coefficient (Wildman–Crippen LogP) is 4.11. The fraction of sp³-hybridized carbons (Fsp3) is 0.294. The van der Waals surface area contributed by atoms with Crippen molar-refractivity contribution in [2.75, 3.05) is 5.32 Å². The van der Waals surface area contributed by atoms with Crippen LogP contribution < -0.4 is 11.1 Å². The molecule has 0 unspecified atom stereocenters. The zero-order valence-corrected chi connectivity index (χ0v) is 16.0. The third-order valence-corrected chi connectivity index (χ3v) is 4.92. The number of nitrogens with one attached hydrogen (secondary N) is 1. The van der Waals surface area contributed by atoms with Gasteiger partial charge in [0.1, 0.15) is 5.56 Å². The Labute approximate surface area is 172 Å². The second-order valence-electron chi connectivity index (χ2n) is 6.30. The first-order chi connectivity index (χ1) is 13.5. The number of nitrogens with zero attached hydrogens (tertiary/aromatic N) is 2. The molecule has 12 heteroatoms. The molecule has 1 fully saturated rings. The van der Waals surface area contributed by atoms with E-state index < -0.39 is 40.9 Å². The number of nitrogens with two attached hydrogens (primary N) is 1. The molecular formula is C17H13Cl2F3N4O3. The number of halogens is 5. The summed E-state index contributed by atoms with van der Waals surface area (Å²) in [6, 6.07) is 4.30. The van der Waals surface area contributed by atoms with Crippen molar-refractivity contribution in [3.63, 3.8) is 0 Å². The topological polar surface area (TPSA) is 107 Å². The first-order valence-electron chi connectivity index (χ1n) is 8.21. The molecule has 2 aromatic rings. The molecular weight excluding hydrogens is 436 g/mol. The largest absolute Gasteiger partial charge is 0.445 e. The predicted molar refractivity (Wildman–Crippen MR) is 98.0 cm³/mol. The van der Waals surface area contributed by atoms with Crippen LogP contribution in [0, 0.1) is 0 Å². The highest BCUT2D eigenvalue weighted by Gasteiger charge is 2.48. The van der Waals surface area contributed by atoms with Gasteiger partial charge in [-0.05, 0) is 37.5 Å². The Morgan fingerprint density at radius 2 is 1.93 bits per heavy atom. The summed E-state index contributed by atoms with van der Waals surface area (Å²) in [6.07, 6.45) is -3.49.